The number of likely N-dealkylation sites (tertiary alicyclic amines) is 2. The molecule has 4 aromatic rings. The number of Topliss-reactive ketones (excluding diaryl/α,β-unsaturated/α-hetero) is 1. The van der Waals surface area contributed by atoms with Gasteiger partial charge in [0.2, 0.25) is 0 Å². The predicted molar refractivity (Wildman–Crippen MR) is 190 cm³/mol. The Bertz CT molecular complexity index is 1870. The molecule has 0 radical (unpaired) electrons. The van der Waals surface area contributed by atoms with Gasteiger partial charge in [-0.15, -0.1) is 0 Å². The van der Waals surface area contributed by atoms with Gasteiger partial charge in [-0.05, 0) is 95.8 Å². The Kier molecular flexibility index (Phi) is 11.1. The first kappa shape index (κ1) is 36.6. The molecule has 264 valence electrons. The SMILES string of the molecule is O=C(C(CN1CC(CS(=O)(=O)c2ccc(F)cc2)C1)c1ccc(Cl)cc1)C(CN1CC(CS(=O)(=O)c2ccc(F)cc2)C1)c1ccc(Cl)cc1. The number of carbonyl (C=O) groups excluding carboxylic acids is 1. The molecular weight excluding hydrogens is 725 g/mol. The van der Waals surface area contributed by atoms with Crippen molar-refractivity contribution in [3.05, 3.63) is 130 Å². The lowest BCUT2D eigenvalue weighted by Gasteiger charge is -2.43. The van der Waals surface area contributed by atoms with Gasteiger partial charge in [0.25, 0.3) is 0 Å². The van der Waals surface area contributed by atoms with E-state index in [0.717, 1.165) is 35.4 Å². The number of halogens is 4. The van der Waals surface area contributed by atoms with Gasteiger partial charge < -0.3 is 9.80 Å². The van der Waals surface area contributed by atoms with E-state index in [4.69, 9.17) is 23.2 Å². The van der Waals surface area contributed by atoms with Crippen LogP contribution in [0.4, 0.5) is 8.78 Å². The normalized spacial score (nSPS) is 17.5. The van der Waals surface area contributed by atoms with Gasteiger partial charge in [-0.1, -0.05) is 47.5 Å². The summed E-state index contributed by atoms with van der Waals surface area (Å²) < 4.78 is 78.6. The molecule has 2 aliphatic heterocycles. The standard InChI is InChI=1S/C37H36Cl2F2N2O5S2/c38-29-5-1-27(2-6-29)35(21-42-17-25(18-42)23-49(45,46)33-13-9-31(40)10-14-33)37(44)36(28-3-7-30(39)8-4-28)22-43-19-26(20-43)24-50(47,48)34-15-11-32(41)12-16-34/h1-16,25-26,35-36H,17-24H2. The zero-order valence-corrected chi connectivity index (χ0v) is 30.1. The van der Waals surface area contributed by atoms with Crippen LogP contribution < -0.4 is 0 Å². The van der Waals surface area contributed by atoms with Gasteiger partial charge in [0, 0.05) is 49.3 Å². The minimum atomic E-state index is -3.60. The molecule has 2 fully saturated rings. The van der Waals surface area contributed by atoms with Crippen molar-refractivity contribution in [3.63, 3.8) is 0 Å². The summed E-state index contributed by atoms with van der Waals surface area (Å²) in [5, 5.41) is 1.07. The molecule has 0 amide bonds. The molecule has 6 rings (SSSR count). The molecule has 0 aromatic heterocycles. The van der Waals surface area contributed by atoms with Gasteiger partial charge in [0.05, 0.1) is 33.1 Å². The lowest BCUT2D eigenvalue weighted by Crippen LogP contribution is -2.53. The summed E-state index contributed by atoms with van der Waals surface area (Å²) in [4.78, 5) is 18.9. The lowest BCUT2D eigenvalue weighted by atomic mass is 9.81. The molecule has 2 unspecified atom stereocenters. The molecule has 7 nitrogen and oxygen atoms in total. The number of hydrogen-bond acceptors (Lipinski definition) is 7. The van der Waals surface area contributed by atoms with Crippen LogP contribution in [0.15, 0.2) is 107 Å². The molecule has 0 aliphatic carbocycles. The first-order valence-corrected chi connectivity index (χ1v) is 20.3. The quantitative estimate of drug-likeness (QED) is 0.135. The zero-order chi connectivity index (χ0) is 35.6. The first-order valence-electron chi connectivity index (χ1n) is 16.2. The number of ketones is 1. The van der Waals surface area contributed by atoms with Crippen LogP contribution >= 0.6 is 23.2 Å². The van der Waals surface area contributed by atoms with E-state index in [1.54, 1.807) is 24.3 Å². The molecular formula is C37H36Cl2F2N2O5S2. The highest BCUT2D eigenvalue weighted by atomic mass is 35.5. The fraction of sp³-hybridized carbons (Fsp3) is 0.324. The summed E-state index contributed by atoms with van der Waals surface area (Å²) >= 11 is 12.4. The van der Waals surface area contributed by atoms with Crippen LogP contribution in [0.2, 0.25) is 10.0 Å². The van der Waals surface area contributed by atoms with Crippen LogP contribution in [-0.4, -0.2) is 83.2 Å². The minimum Gasteiger partial charge on any atom is -0.302 e. The van der Waals surface area contributed by atoms with Crippen molar-refractivity contribution in [2.45, 2.75) is 21.6 Å². The molecule has 0 saturated carbocycles. The molecule has 0 bridgehead atoms. The van der Waals surface area contributed by atoms with Crippen molar-refractivity contribution in [2.24, 2.45) is 11.8 Å². The Morgan fingerprint density at radius 2 is 0.900 bits per heavy atom. The molecule has 4 aromatic carbocycles. The Hall–Kier alpha value is -3.19. The van der Waals surface area contributed by atoms with Gasteiger partial charge >= 0.3 is 0 Å². The number of sulfone groups is 2. The Morgan fingerprint density at radius 1 is 0.580 bits per heavy atom. The van der Waals surface area contributed by atoms with E-state index >= 15 is 0 Å². The molecule has 13 heteroatoms. The van der Waals surface area contributed by atoms with E-state index in [0.29, 0.717) is 49.3 Å². The van der Waals surface area contributed by atoms with Crippen molar-refractivity contribution in [3.8, 4) is 0 Å². The van der Waals surface area contributed by atoms with Crippen molar-refractivity contribution < 1.29 is 30.4 Å². The van der Waals surface area contributed by atoms with Crippen molar-refractivity contribution in [2.75, 3.05) is 50.8 Å². The number of benzene rings is 4. The van der Waals surface area contributed by atoms with Crippen molar-refractivity contribution in [1.29, 1.82) is 0 Å². The maximum absolute atomic E-state index is 14.6. The highest BCUT2D eigenvalue weighted by Crippen LogP contribution is 2.34. The summed E-state index contributed by atoms with van der Waals surface area (Å²) in [6, 6.07) is 23.9. The van der Waals surface area contributed by atoms with Gasteiger partial charge in [-0.25, -0.2) is 25.6 Å². The number of hydrogen-bond donors (Lipinski definition) is 0. The molecule has 2 heterocycles. The summed E-state index contributed by atoms with van der Waals surface area (Å²) in [6.45, 7) is 2.69. The third-order valence-corrected chi connectivity index (χ3v) is 13.7. The largest absolute Gasteiger partial charge is 0.302 e. The zero-order valence-electron chi connectivity index (χ0n) is 27.0. The predicted octanol–water partition coefficient (Wildman–Crippen LogP) is 6.52. The topological polar surface area (TPSA) is 91.8 Å². The van der Waals surface area contributed by atoms with Crippen molar-refractivity contribution in [1.82, 2.24) is 9.80 Å². The fourth-order valence-electron chi connectivity index (χ4n) is 6.83. The van der Waals surface area contributed by atoms with E-state index in [2.05, 4.69) is 9.80 Å². The molecule has 2 saturated heterocycles. The van der Waals surface area contributed by atoms with E-state index in [9.17, 15) is 30.4 Å². The maximum Gasteiger partial charge on any atom is 0.178 e. The smallest absolute Gasteiger partial charge is 0.178 e. The van der Waals surface area contributed by atoms with E-state index < -0.39 is 43.1 Å². The number of rotatable bonds is 14. The maximum atomic E-state index is 14.6. The average molecular weight is 762 g/mol. The average Bonchev–Trinajstić information content (AvgIpc) is 3.04. The third-order valence-electron chi connectivity index (χ3n) is 9.43. The number of nitrogens with zero attached hydrogens (tertiary/aromatic N) is 2. The Labute approximate surface area is 301 Å². The minimum absolute atomic E-state index is 0.0283. The van der Waals surface area contributed by atoms with E-state index in [1.165, 1.54) is 24.3 Å². The highest BCUT2D eigenvalue weighted by molar-refractivity contribution is 7.91. The van der Waals surface area contributed by atoms with Crippen LogP contribution in [0, 0.1) is 23.5 Å². The van der Waals surface area contributed by atoms with Gasteiger partial charge in [-0.2, -0.15) is 0 Å². The van der Waals surface area contributed by atoms with E-state index in [-0.39, 0.29) is 38.9 Å². The molecule has 2 atom stereocenters. The second-order valence-electron chi connectivity index (χ2n) is 13.3. The summed E-state index contributed by atoms with van der Waals surface area (Å²) in [6.07, 6.45) is 0. The third kappa shape index (κ3) is 8.81. The second kappa shape index (κ2) is 15.2. The first-order chi connectivity index (χ1) is 23.8. The fourth-order valence-corrected chi connectivity index (χ4v) is 10.2. The number of carbonyl (C=O) groups is 1. The van der Waals surface area contributed by atoms with Crippen LogP contribution in [0.5, 0.6) is 0 Å². The highest BCUT2D eigenvalue weighted by Gasteiger charge is 2.39. The molecule has 50 heavy (non-hydrogen) atoms. The molecule has 0 N–H and O–H groups in total. The van der Waals surface area contributed by atoms with Crippen LogP contribution in [0.1, 0.15) is 23.0 Å². The lowest BCUT2D eigenvalue weighted by molar-refractivity contribution is -0.123. The van der Waals surface area contributed by atoms with Crippen LogP contribution in [0.25, 0.3) is 0 Å². The summed E-state index contributed by atoms with van der Waals surface area (Å²) in [7, 11) is -7.21. The second-order valence-corrected chi connectivity index (χ2v) is 18.2. The van der Waals surface area contributed by atoms with Crippen LogP contribution in [0.3, 0.4) is 0 Å². The monoisotopic (exact) mass is 760 g/mol. The Balaban J connectivity index is 1.15. The molecule has 0 spiro atoms. The van der Waals surface area contributed by atoms with Gasteiger partial charge in [0.1, 0.15) is 17.4 Å². The van der Waals surface area contributed by atoms with Gasteiger partial charge in [0.15, 0.2) is 19.7 Å². The molecule has 2 aliphatic rings. The summed E-state index contributed by atoms with van der Waals surface area (Å²) in [5.74, 6) is -2.57. The summed E-state index contributed by atoms with van der Waals surface area (Å²) in [5.41, 5.74) is 1.57. The Morgan fingerprint density at radius 3 is 1.22 bits per heavy atom. The van der Waals surface area contributed by atoms with Crippen LogP contribution in [-0.2, 0) is 24.5 Å². The van der Waals surface area contributed by atoms with Gasteiger partial charge in [-0.3, -0.25) is 4.79 Å². The van der Waals surface area contributed by atoms with Crippen molar-refractivity contribution >= 4 is 48.7 Å². The van der Waals surface area contributed by atoms with E-state index in [1.807, 2.05) is 24.3 Å².